The Kier molecular flexibility index (Phi) is 12.6. The van der Waals surface area contributed by atoms with E-state index in [1.165, 1.54) is 4.90 Å². The van der Waals surface area contributed by atoms with Gasteiger partial charge < -0.3 is 24.6 Å². The molecule has 0 aliphatic carbocycles. The molecule has 1 unspecified atom stereocenters. The van der Waals surface area contributed by atoms with Crippen molar-refractivity contribution in [3.8, 4) is 11.8 Å². The number of aromatic nitrogens is 4. The predicted molar refractivity (Wildman–Crippen MR) is 231 cm³/mol. The van der Waals surface area contributed by atoms with Gasteiger partial charge in [-0.25, -0.2) is 0 Å². The van der Waals surface area contributed by atoms with Gasteiger partial charge in [0.2, 0.25) is 23.6 Å². The Morgan fingerprint density at radius 3 is 2.46 bits per heavy atom. The Bertz CT molecular complexity index is 2370. The van der Waals surface area contributed by atoms with Crippen molar-refractivity contribution < 1.29 is 24.0 Å². The summed E-state index contributed by atoms with van der Waals surface area (Å²) in [6, 6.07) is 14.5. The Morgan fingerprint density at radius 2 is 1.70 bits per heavy atom. The number of hydrogen-bond acceptors (Lipinski definition) is 9. The van der Waals surface area contributed by atoms with E-state index in [1.807, 2.05) is 40.1 Å². The van der Waals surface area contributed by atoms with Gasteiger partial charge in [0.25, 0.3) is 5.91 Å². The topological polar surface area (TPSA) is 160 Å². The molecule has 15 nitrogen and oxygen atoms in total. The van der Waals surface area contributed by atoms with Crippen molar-refractivity contribution in [2.75, 3.05) is 71.4 Å². The number of rotatable bonds is 10. The molecule has 1 atom stereocenters. The number of carbonyl (C=O) groups excluding carboxylic acids is 5. The summed E-state index contributed by atoms with van der Waals surface area (Å²) in [6.45, 7) is 6.72. The summed E-state index contributed by atoms with van der Waals surface area (Å²) in [6.07, 6.45) is 10.1. The van der Waals surface area contributed by atoms with Crippen LogP contribution < -0.4 is 10.2 Å². The fraction of sp³-hybridized carbons (Fsp3) is 0.457. The van der Waals surface area contributed by atoms with E-state index in [4.69, 9.17) is 0 Å². The molecule has 0 radical (unpaired) electrons. The van der Waals surface area contributed by atoms with E-state index in [9.17, 15) is 24.0 Å². The van der Waals surface area contributed by atoms with Crippen LogP contribution in [0.2, 0.25) is 0 Å². The van der Waals surface area contributed by atoms with Gasteiger partial charge in [-0.3, -0.25) is 38.9 Å². The second-order valence-electron chi connectivity index (χ2n) is 16.7. The molecule has 0 bridgehead atoms. The summed E-state index contributed by atoms with van der Waals surface area (Å²) >= 11 is 0. The summed E-state index contributed by atoms with van der Waals surface area (Å²) in [7, 11) is 3.44. The number of H-pyrrole nitrogens is 1. The van der Waals surface area contributed by atoms with Crippen molar-refractivity contribution in [3.05, 3.63) is 83.3 Å². The number of anilines is 1. The van der Waals surface area contributed by atoms with Gasteiger partial charge in [0.15, 0.2) is 0 Å². The van der Waals surface area contributed by atoms with Gasteiger partial charge in [0, 0.05) is 127 Å². The number of fused-ring (bicyclic) bond motifs is 1. The average molecular weight is 827 g/mol. The predicted octanol–water partition coefficient (Wildman–Crippen LogP) is 3.63. The van der Waals surface area contributed by atoms with Crippen molar-refractivity contribution in [1.29, 1.82) is 0 Å². The minimum atomic E-state index is -0.291. The molecule has 8 rings (SSSR count). The zero-order valence-corrected chi connectivity index (χ0v) is 35.1. The molecule has 2 aromatic carbocycles. The Labute approximate surface area is 356 Å². The molecular formula is C46H54N10O5. The molecule has 4 aliphatic heterocycles. The lowest BCUT2D eigenvalue weighted by Gasteiger charge is -2.43. The molecule has 0 saturated carbocycles. The molecule has 3 saturated heterocycles. The SMILES string of the molecule is CN(C)C(=O)c1cc2c(C#CCCC(=O)N3CCC(N4CCN(c5cccc(C6CCC(=O)NC6=O)c5)CC4)CC3)cc(C3=CCCN(C(=O)CCn4ccnn4)C3)cc2[nH]1. The van der Waals surface area contributed by atoms with E-state index in [2.05, 4.69) is 60.5 Å². The Morgan fingerprint density at radius 1 is 0.902 bits per heavy atom. The molecule has 4 aromatic rings. The van der Waals surface area contributed by atoms with Crippen molar-refractivity contribution in [2.45, 2.75) is 69.9 Å². The van der Waals surface area contributed by atoms with Gasteiger partial charge in [-0.05, 0) is 72.7 Å². The third-order valence-corrected chi connectivity index (χ3v) is 12.5. The van der Waals surface area contributed by atoms with Crippen LogP contribution in [0.5, 0.6) is 0 Å². The molecule has 4 aliphatic rings. The number of hydrogen-bond donors (Lipinski definition) is 2. The molecule has 318 valence electrons. The molecular weight excluding hydrogens is 773 g/mol. The zero-order valence-electron chi connectivity index (χ0n) is 35.1. The molecule has 0 spiro atoms. The monoisotopic (exact) mass is 826 g/mol. The molecule has 6 heterocycles. The van der Waals surface area contributed by atoms with Gasteiger partial charge in [0.05, 0.1) is 18.7 Å². The summed E-state index contributed by atoms with van der Waals surface area (Å²) in [4.78, 5) is 77.2. The van der Waals surface area contributed by atoms with Crippen LogP contribution in [0.3, 0.4) is 0 Å². The third-order valence-electron chi connectivity index (χ3n) is 12.5. The minimum Gasteiger partial charge on any atom is -0.369 e. The van der Waals surface area contributed by atoms with E-state index in [0.717, 1.165) is 97.4 Å². The highest BCUT2D eigenvalue weighted by Gasteiger charge is 2.31. The number of piperazine rings is 1. The van der Waals surface area contributed by atoms with Crippen LogP contribution in [0.4, 0.5) is 5.69 Å². The summed E-state index contributed by atoms with van der Waals surface area (Å²) in [5.41, 5.74) is 6.07. The third kappa shape index (κ3) is 9.70. The maximum atomic E-state index is 13.4. The largest absolute Gasteiger partial charge is 0.369 e. The van der Waals surface area contributed by atoms with Gasteiger partial charge in [-0.1, -0.05) is 35.3 Å². The first-order valence-electron chi connectivity index (χ1n) is 21.5. The van der Waals surface area contributed by atoms with Crippen molar-refractivity contribution >= 4 is 51.7 Å². The fourth-order valence-electron chi connectivity index (χ4n) is 9.03. The lowest BCUT2D eigenvalue weighted by atomic mass is 9.90. The molecule has 3 fully saturated rings. The lowest BCUT2D eigenvalue weighted by molar-refractivity contribution is -0.135. The number of nitrogens with zero attached hydrogens (tertiary/aromatic N) is 8. The maximum Gasteiger partial charge on any atom is 0.269 e. The quantitative estimate of drug-likeness (QED) is 0.180. The van der Waals surface area contributed by atoms with Crippen LogP contribution in [0.15, 0.2) is 60.9 Å². The van der Waals surface area contributed by atoms with E-state index in [1.54, 1.807) is 31.2 Å². The van der Waals surface area contributed by atoms with Crippen LogP contribution in [-0.4, -0.2) is 142 Å². The van der Waals surface area contributed by atoms with E-state index >= 15 is 0 Å². The van der Waals surface area contributed by atoms with Crippen LogP contribution >= 0.6 is 0 Å². The second kappa shape index (κ2) is 18.6. The highest BCUT2D eigenvalue weighted by Crippen LogP contribution is 2.31. The summed E-state index contributed by atoms with van der Waals surface area (Å²) in [5.74, 6) is 5.94. The molecule has 2 N–H and O–H groups in total. The number of benzene rings is 2. The number of amides is 5. The number of imide groups is 1. The van der Waals surface area contributed by atoms with Crippen molar-refractivity contribution in [2.24, 2.45) is 0 Å². The lowest BCUT2D eigenvalue weighted by Crippen LogP contribution is -2.53. The van der Waals surface area contributed by atoms with Crippen LogP contribution in [0, 0.1) is 11.8 Å². The first-order valence-corrected chi connectivity index (χ1v) is 21.5. The highest BCUT2D eigenvalue weighted by atomic mass is 16.2. The van der Waals surface area contributed by atoms with Crippen LogP contribution in [-0.2, 0) is 25.7 Å². The van der Waals surface area contributed by atoms with Crippen LogP contribution in [0.25, 0.3) is 16.5 Å². The fourth-order valence-corrected chi connectivity index (χ4v) is 9.03. The first-order chi connectivity index (χ1) is 29.6. The van der Waals surface area contributed by atoms with Crippen molar-refractivity contribution in [3.63, 3.8) is 0 Å². The van der Waals surface area contributed by atoms with Gasteiger partial charge in [0.1, 0.15) is 5.69 Å². The van der Waals surface area contributed by atoms with Gasteiger partial charge in [-0.2, -0.15) is 0 Å². The summed E-state index contributed by atoms with van der Waals surface area (Å²) in [5, 5.41) is 11.1. The first kappa shape index (κ1) is 41.5. The highest BCUT2D eigenvalue weighted by molar-refractivity contribution is 6.01. The number of likely N-dealkylation sites (tertiary alicyclic amines) is 1. The smallest absolute Gasteiger partial charge is 0.269 e. The number of carbonyl (C=O) groups is 5. The Balaban J connectivity index is 0.847. The number of aryl methyl sites for hydroxylation is 1. The zero-order chi connectivity index (χ0) is 42.5. The van der Waals surface area contributed by atoms with Crippen molar-refractivity contribution in [1.82, 2.24) is 44.9 Å². The van der Waals surface area contributed by atoms with Gasteiger partial charge in [-0.15, -0.1) is 5.10 Å². The van der Waals surface area contributed by atoms with E-state index in [-0.39, 0.29) is 35.5 Å². The number of piperidine rings is 2. The molecule has 2 aromatic heterocycles. The number of aromatic amines is 1. The average Bonchev–Trinajstić information content (AvgIpc) is 3.98. The molecule has 5 amide bonds. The standard InChI is InChI=1S/C46H54N10O5/c1-51(2)46(61)41-30-39-32(27-35(29-40(39)48-41)34-9-6-18-55(31-34)44(59)16-21-56-22-17-47-50-56)7-3-4-11-43(58)54-19-14-36(15-20-54)52-23-25-53(26-24-52)37-10-5-8-33(28-37)38-12-13-42(57)49-45(38)60/h5,8-10,17,22,27-30,36,38,48H,4,6,11-16,18-21,23-26,31H2,1-2H3,(H,49,57,60). The van der Waals surface area contributed by atoms with E-state index < -0.39 is 0 Å². The second-order valence-corrected chi connectivity index (χ2v) is 16.7. The Hall–Kier alpha value is -6.27. The molecule has 61 heavy (non-hydrogen) atoms. The summed E-state index contributed by atoms with van der Waals surface area (Å²) < 4.78 is 1.66. The van der Waals surface area contributed by atoms with Crippen LogP contribution in [0.1, 0.15) is 84.5 Å². The number of nitrogens with one attached hydrogen (secondary N) is 2. The van der Waals surface area contributed by atoms with Gasteiger partial charge >= 0.3 is 0 Å². The normalized spacial score (nSPS) is 19.0. The maximum absolute atomic E-state index is 13.4. The van der Waals surface area contributed by atoms with E-state index in [0.29, 0.717) is 63.5 Å². The molecule has 15 heteroatoms. The minimum absolute atomic E-state index is 0.0566.